The summed E-state index contributed by atoms with van der Waals surface area (Å²) in [7, 11) is 2.14. The van der Waals surface area contributed by atoms with Gasteiger partial charge in [-0.25, -0.2) is 4.39 Å². The number of nitrogens with one attached hydrogen (secondary N) is 1. The highest BCUT2D eigenvalue weighted by molar-refractivity contribution is 5.35. The molecule has 0 bridgehead atoms. The number of nitrogens with zero attached hydrogens (tertiary/aromatic N) is 1. The first kappa shape index (κ1) is 13.0. The van der Waals surface area contributed by atoms with Crippen molar-refractivity contribution in [3.63, 3.8) is 0 Å². The minimum Gasteiger partial charge on any atom is -0.374 e. The zero-order valence-corrected chi connectivity index (χ0v) is 11.4. The first-order valence-electron chi connectivity index (χ1n) is 7.05. The molecule has 0 amide bonds. The maximum absolute atomic E-state index is 13.2. The van der Waals surface area contributed by atoms with Gasteiger partial charge < -0.3 is 10.1 Å². The first-order valence-corrected chi connectivity index (χ1v) is 7.05. The summed E-state index contributed by atoms with van der Waals surface area (Å²) in [6.07, 6.45) is 2.32. The summed E-state index contributed by atoms with van der Waals surface area (Å²) in [5.74, 6) is -0.123. The minimum absolute atomic E-state index is 0.123. The summed E-state index contributed by atoms with van der Waals surface area (Å²) >= 11 is 0. The van der Waals surface area contributed by atoms with Crippen LogP contribution in [0.5, 0.6) is 0 Å². The second-order valence-electron chi connectivity index (χ2n) is 5.53. The van der Waals surface area contributed by atoms with Gasteiger partial charge in [0.2, 0.25) is 0 Å². The van der Waals surface area contributed by atoms with Gasteiger partial charge in [-0.05, 0) is 43.1 Å². The third-order valence-corrected chi connectivity index (χ3v) is 4.18. The van der Waals surface area contributed by atoms with Crippen LogP contribution in [-0.2, 0) is 11.2 Å². The van der Waals surface area contributed by atoms with Crippen LogP contribution in [0.2, 0.25) is 0 Å². The van der Waals surface area contributed by atoms with E-state index >= 15 is 0 Å². The van der Waals surface area contributed by atoms with Gasteiger partial charge in [-0.2, -0.15) is 0 Å². The Morgan fingerprint density at radius 1 is 1.47 bits per heavy atom. The molecule has 1 N–H and O–H groups in total. The number of halogens is 1. The zero-order chi connectivity index (χ0) is 13.2. The predicted octanol–water partition coefficient (Wildman–Crippen LogP) is 1.73. The van der Waals surface area contributed by atoms with E-state index in [1.165, 1.54) is 11.1 Å². The number of likely N-dealkylation sites (N-methyl/N-ethyl adjacent to an activating group) is 1. The van der Waals surface area contributed by atoms with Crippen molar-refractivity contribution in [2.75, 3.05) is 33.3 Å². The van der Waals surface area contributed by atoms with E-state index in [2.05, 4.69) is 17.3 Å². The lowest BCUT2D eigenvalue weighted by Gasteiger charge is -2.31. The fourth-order valence-corrected chi connectivity index (χ4v) is 3.21. The van der Waals surface area contributed by atoms with Crippen molar-refractivity contribution in [2.45, 2.75) is 25.0 Å². The van der Waals surface area contributed by atoms with E-state index in [-0.39, 0.29) is 11.9 Å². The number of hydrogen-bond acceptors (Lipinski definition) is 3. The fraction of sp³-hybridized carbons (Fsp3) is 0.600. The van der Waals surface area contributed by atoms with E-state index in [9.17, 15) is 4.39 Å². The standard InChI is InChI=1S/C15H21FN2O/c1-18(10-13-9-17-6-7-19-13)15-5-2-11-8-12(16)3-4-14(11)15/h3-4,8,13,15,17H,2,5-7,9-10H2,1H3. The lowest BCUT2D eigenvalue weighted by Crippen LogP contribution is -2.44. The van der Waals surface area contributed by atoms with Gasteiger partial charge in [0, 0.05) is 25.7 Å². The molecular formula is C15H21FN2O. The van der Waals surface area contributed by atoms with E-state index in [0.717, 1.165) is 39.1 Å². The second kappa shape index (κ2) is 5.57. The topological polar surface area (TPSA) is 24.5 Å². The number of fused-ring (bicyclic) bond motifs is 1. The molecule has 1 heterocycles. The Morgan fingerprint density at radius 2 is 2.37 bits per heavy atom. The summed E-state index contributed by atoms with van der Waals surface area (Å²) < 4.78 is 19.0. The second-order valence-corrected chi connectivity index (χ2v) is 5.53. The van der Waals surface area contributed by atoms with Crippen LogP contribution in [0, 0.1) is 5.82 Å². The van der Waals surface area contributed by atoms with Crippen molar-refractivity contribution >= 4 is 0 Å². The molecule has 3 rings (SSSR count). The van der Waals surface area contributed by atoms with Gasteiger partial charge >= 0.3 is 0 Å². The van der Waals surface area contributed by atoms with Gasteiger partial charge in [-0.1, -0.05) is 6.07 Å². The van der Waals surface area contributed by atoms with Crippen LogP contribution in [-0.4, -0.2) is 44.3 Å². The highest BCUT2D eigenvalue weighted by atomic mass is 19.1. The zero-order valence-electron chi connectivity index (χ0n) is 11.4. The summed E-state index contributed by atoms with van der Waals surface area (Å²) in [4.78, 5) is 2.35. The molecule has 2 unspecified atom stereocenters. The maximum atomic E-state index is 13.2. The molecule has 2 atom stereocenters. The predicted molar refractivity (Wildman–Crippen MR) is 72.7 cm³/mol. The molecule has 0 aromatic heterocycles. The lowest BCUT2D eigenvalue weighted by atomic mass is 10.1. The van der Waals surface area contributed by atoms with Crippen LogP contribution in [0.3, 0.4) is 0 Å². The van der Waals surface area contributed by atoms with Crippen LogP contribution >= 0.6 is 0 Å². The summed E-state index contributed by atoms with van der Waals surface area (Å²) in [6.45, 7) is 3.60. The molecule has 0 saturated carbocycles. The van der Waals surface area contributed by atoms with E-state index < -0.39 is 0 Å². The monoisotopic (exact) mass is 264 g/mol. The van der Waals surface area contributed by atoms with Gasteiger partial charge in [0.25, 0.3) is 0 Å². The van der Waals surface area contributed by atoms with E-state index in [0.29, 0.717) is 6.04 Å². The summed E-state index contributed by atoms with van der Waals surface area (Å²) in [5, 5.41) is 3.36. The third kappa shape index (κ3) is 2.81. The maximum Gasteiger partial charge on any atom is 0.123 e. The average Bonchev–Trinajstić information content (AvgIpc) is 2.82. The number of benzene rings is 1. The van der Waals surface area contributed by atoms with Crippen LogP contribution in [0.4, 0.5) is 4.39 Å². The SMILES string of the molecule is CN(CC1CNCCO1)C1CCc2cc(F)ccc21. The molecule has 0 spiro atoms. The number of aryl methyl sites for hydroxylation is 1. The van der Waals surface area contributed by atoms with Gasteiger partial charge in [-0.15, -0.1) is 0 Å². The van der Waals surface area contributed by atoms with Crippen LogP contribution in [0.1, 0.15) is 23.6 Å². The highest BCUT2D eigenvalue weighted by Crippen LogP contribution is 2.35. The Kier molecular flexibility index (Phi) is 3.82. The number of rotatable bonds is 3. The Hall–Kier alpha value is -0.970. The lowest BCUT2D eigenvalue weighted by molar-refractivity contribution is 0.00271. The number of morpholine rings is 1. The Balaban J connectivity index is 1.67. The van der Waals surface area contributed by atoms with Gasteiger partial charge in [0.1, 0.15) is 5.82 Å². The molecule has 1 aromatic carbocycles. The summed E-state index contributed by atoms with van der Waals surface area (Å²) in [6, 6.07) is 5.60. The van der Waals surface area contributed by atoms with Crippen LogP contribution in [0.15, 0.2) is 18.2 Å². The molecule has 2 aliphatic rings. The third-order valence-electron chi connectivity index (χ3n) is 4.18. The van der Waals surface area contributed by atoms with E-state index in [1.54, 1.807) is 12.1 Å². The quantitative estimate of drug-likeness (QED) is 0.900. The van der Waals surface area contributed by atoms with Gasteiger partial charge in [0.15, 0.2) is 0 Å². The molecule has 3 nitrogen and oxygen atoms in total. The Bertz CT molecular complexity index is 446. The van der Waals surface area contributed by atoms with Crippen molar-refractivity contribution < 1.29 is 9.13 Å². The van der Waals surface area contributed by atoms with Crippen LogP contribution < -0.4 is 5.32 Å². The van der Waals surface area contributed by atoms with Gasteiger partial charge in [-0.3, -0.25) is 4.90 Å². The summed E-state index contributed by atoms with van der Waals surface area (Å²) in [5.41, 5.74) is 2.45. The van der Waals surface area contributed by atoms with Crippen molar-refractivity contribution in [3.8, 4) is 0 Å². The molecule has 4 heteroatoms. The van der Waals surface area contributed by atoms with Crippen molar-refractivity contribution in [1.82, 2.24) is 10.2 Å². The highest BCUT2D eigenvalue weighted by Gasteiger charge is 2.28. The molecule has 1 fully saturated rings. The largest absolute Gasteiger partial charge is 0.374 e. The first-order chi connectivity index (χ1) is 9.24. The van der Waals surface area contributed by atoms with E-state index in [1.807, 2.05) is 6.07 Å². The van der Waals surface area contributed by atoms with Crippen LogP contribution in [0.25, 0.3) is 0 Å². The van der Waals surface area contributed by atoms with Crippen molar-refractivity contribution in [3.05, 3.63) is 35.1 Å². The number of hydrogen-bond donors (Lipinski definition) is 1. The molecule has 1 saturated heterocycles. The smallest absolute Gasteiger partial charge is 0.123 e. The van der Waals surface area contributed by atoms with Crippen molar-refractivity contribution in [2.24, 2.45) is 0 Å². The van der Waals surface area contributed by atoms with Crippen molar-refractivity contribution in [1.29, 1.82) is 0 Å². The molecule has 1 aliphatic carbocycles. The fourth-order valence-electron chi connectivity index (χ4n) is 3.21. The average molecular weight is 264 g/mol. The van der Waals surface area contributed by atoms with Gasteiger partial charge in [0.05, 0.1) is 12.7 Å². The molecule has 0 radical (unpaired) electrons. The molecule has 1 aromatic rings. The Labute approximate surface area is 113 Å². The normalized spacial score (nSPS) is 26.7. The molecule has 104 valence electrons. The Morgan fingerprint density at radius 3 is 3.16 bits per heavy atom. The minimum atomic E-state index is -0.123. The molecule has 1 aliphatic heterocycles. The van der Waals surface area contributed by atoms with E-state index in [4.69, 9.17) is 4.74 Å². The number of ether oxygens (including phenoxy) is 1. The molecule has 19 heavy (non-hydrogen) atoms. The molecular weight excluding hydrogens is 243 g/mol.